The minimum Gasteiger partial charge on any atom is -1.00 e. The SMILES string of the molecule is CNC(=O)C[N+]1(CC(=O)Nc2c(C)cccc2C(=O)OC)CCCC(c2ccccc2)C1.[Br-]. The highest BCUT2D eigenvalue weighted by molar-refractivity contribution is 6.02. The lowest BCUT2D eigenvalue weighted by Gasteiger charge is -2.43. The van der Waals surface area contributed by atoms with E-state index in [9.17, 15) is 14.4 Å². The minimum absolute atomic E-state index is 0. The fraction of sp³-hybridized carbons (Fsp3) is 0.400. The molecule has 1 fully saturated rings. The van der Waals surface area contributed by atoms with Gasteiger partial charge in [0.1, 0.15) is 0 Å². The Bertz CT molecular complexity index is 983. The summed E-state index contributed by atoms with van der Waals surface area (Å²) < 4.78 is 5.25. The van der Waals surface area contributed by atoms with Crippen LogP contribution in [0.3, 0.4) is 0 Å². The number of halogens is 1. The maximum absolute atomic E-state index is 13.2. The van der Waals surface area contributed by atoms with Crippen LogP contribution in [0.5, 0.6) is 0 Å². The molecule has 0 spiro atoms. The number of anilines is 1. The Kier molecular flexibility index (Phi) is 9.61. The molecule has 0 aliphatic carbocycles. The van der Waals surface area contributed by atoms with Gasteiger partial charge in [-0.05, 0) is 37.0 Å². The maximum atomic E-state index is 13.2. The lowest BCUT2D eigenvalue weighted by molar-refractivity contribution is -0.919. The third kappa shape index (κ3) is 6.65. The molecule has 3 rings (SSSR count). The zero-order valence-corrected chi connectivity index (χ0v) is 21.0. The number of para-hydroxylation sites is 1. The first-order valence-electron chi connectivity index (χ1n) is 11.0. The van der Waals surface area contributed by atoms with Gasteiger partial charge in [-0.25, -0.2) is 4.79 Å². The van der Waals surface area contributed by atoms with Crippen molar-refractivity contribution in [1.29, 1.82) is 0 Å². The molecule has 0 radical (unpaired) electrons. The second kappa shape index (κ2) is 12.0. The molecule has 1 heterocycles. The number of ether oxygens (including phenoxy) is 1. The number of quaternary nitrogens is 1. The Hall–Kier alpha value is -2.71. The van der Waals surface area contributed by atoms with Gasteiger partial charge < -0.3 is 36.8 Å². The van der Waals surface area contributed by atoms with Crippen molar-refractivity contribution in [3.05, 3.63) is 65.2 Å². The number of benzene rings is 2. The number of aryl methyl sites for hydroxylation is 1. The van der Waals surface area contributed by atoms with Crippen LogP contribution in [0.1, 0.15) is 40.2 Å². The van der Waals surface area contributed by atoms with Crippen molar-refractivity contribution in [1.82, 2.24) is 5.32 Å². The van der Waals surface area contributed by atoms with E-state index in [4.69, 9.17) is 4.74 Å². The number of carbonyl (C=O) groups excluding carboxylic acids is 3. The predicted octanol–water partition coefficient (Wildman–Crippen LogP) is -0.135. The number of rotatable bonds is 7. The topological polar surface area (TPSA) is 84.5 Å². The molecule has 8 heteroatoms. The van der Waals surface area contributed by atoms with E-state index in [1.165, 1.54) is 12.7 Å². The van der Waals surface area contributed by atoms with Crippen molar-refractivity contribution in [2.75, 3.05) is 45.7 Å². The number of likely N-dealkylation sites (tertiary alicyclic amines) is 1. The predicted molar refractivity (Wildman–Crippen MR) is 123 cm³/mol. The summed E-state index contributed by atoms with van der Waals surface area (Å²) in [5.41, 5.74) is 2.79. The Balaban J connectivity index is 0.00000385. The second-order valence-electron chi connectivity index (χ2n) is 8.52. The molecule has 2 amide bonds. The number of carbonyl (C=O) groups is 3. The first-order chi connectivity index (χ1) is 15.4. The van der Waals surface area contributed by atoms with Gasteiger partial charge in [0.2, 0.25) is 0 Å². The van der Waals surface area contributed by atoms with E-state index in [1.807, 2.05) is 31.2 Å². The number of amides is 2. The third-order valence-electron chi connectivity index (χ3n) is 6.24. The summed E-state index contributed by atoms with van der Waals surface area (Å²) in [4.78, 5) is 37.8. The molecular weight excluding hydrogens is 486 g/mol. The molecule has 2 atom stereocenters. The quantitative estimate of drug-likeness (QED) is 0.395. The highest BCUT2D eigenvalue weighted by Gasteiger charge is 2.39. The molecular formula is C25H32BrN3O4. The summed E-state index contributed by atoms with van der Waals surface area (Å²) in [5.74, 6) is -0.522. The average molecular weight is 518 g/mol. The lowest BCUT2D eigenvalue weighted by Crippen LogP contribution is -3.00. The van der Waals surface area contributed by atoms with Gasteiger partial charge in [-0.15, -0.1) is 0 Å². The first-order valence-corrected chi connectivity index (χ1v) is 11.0. The Morgan fingerprint density at radius 1 is 1.03 bits per heavy atom. The molecule has 2 aromatic carbocycles. The van der Waals surface area contributed by atoms with Gasteiger partial charge in [0.05, 0.1) is 31.5 Å². The number of methoxy groups -OCH3 is 1. The molecule has 1 saturated heterocycles. The summed E-state index contributed by atoms with van der Waals surface area (Å²) >= 11 is 0. The van der Waals surface area contributed by atoms with Crippen molar-refractivity contribution in [2.45, 2.75) is 25.7 Å². The van der Waals surface area contributed by atoms with Crippen LogP contribution in [0.4, 0.5) is 5.69 Å². The first kappa shape index (κ1) is 26.5. The Morgan fingerprint density at radius 2 is 1.73 bits per heavy atom. The van der Waals surface area contributed by atoms with E-state index < -0.39 is 5.97 Å². The van der Waals surface area contributed by atoms with Crippen molar-refractivity contribution in [2.24, 2.45) is 0 Å². The van der Waals surface area contributed by atoms with Crippen LogP contribution in [-0.2, 0) is 14.3 Å². The van der Waals surface area contributed by atoms with E-state index in [-0.39, 0.29) is 47.8 Å². The summed E-state index contributed by atoms with van der Waals surface area (Å²) in [6.45, 7) is 3.70. The van der Waals surface area contributed by atoms with Gasteiger partial charge in [0.15, 0.2) is 13.1 Å². The molecule has 0 saturated carbocycles. The molecule has 2 unspecified atom stereocenters. The van der Waals surface area contributed by atoms with E-state index in [0.717, 1.165) is 24.9 Å². The zero-order chi connectivity index (χ0) is 23.1. The number of nitrogens with zero attached hydrogens (tertiary/aromatic N) is 1. The van der Waals surface area contributed by atoms with Gasteiger partial charge >= 0.3 is 5.97 Å². The summed E-state index contributed by atoms with van der Waals surface area (Å²) in [7, 11) is 2.94. The molecule has 2 N–H and O–H groups in total. The van der Waals surface area contributed by atoms with Crippen LogP contribution in [0.15, 0.2) is 48.5 Å². The maximum Gasteiger partial charge on any atom is 0.339 e. The monoisotopic (exact) mass is 517 g/mol. The number of piperidine rings is 1. The number of hydrogen-bond acceptors (Lipinski definition) is 4. The van der Waals surface area contributed by atoms with Crippen LogP contribution in [-0.4, -0.2) is 62.6 Å². The molecule has 0 aromatic heterocycles. The van der Waals surface area contributed by atoms with Crippen molar-refractivity contribution in [3.8, 4) is 0 Å². The second-order valence-corrected chi connectivity index (χ2v) is 8.52. The number of hydrogen-bond donors (Lipinski definition) is 2. The Morgan fingerprint density at radius 3 is 2.39 bits per heavy atom. The van der Waals surface area contributed by atoms with Crippen molar-refractivity contribution >= 4 is 23.5 Å². The van der Waals surface area contributed by atoms with Crippen molar-refractivity contribution in [3.63, 3.8) is 0 Å². The molecule has 178 valence electrons. The zero-order valence-electron chi connectivity index (χ0n) is 19.4. The van der Waals surface area contributed by atoms with Gasteiger partial charge in [0.25, 0.3) is 11.8 Å². The van der Waals surface area contributed by atoms with E-state index in [1.54, 1.807) is 19.2 Å². The minimum atomic E-state index is -0.500. The van der Waals surface area contributed by atoms with Gasteiger partial charge in [-0.3, -0.25) is 9.59 Å². The molecule has 1 aliphatic rings. The smallest absolute Gasteiger partial charge is 0.339 e. The summed E-state index contributed by atoms with van der Waals surface area (Å²) in [6, 6.07) is 15.5. The fourth-order valence-corrected chi connectivity index (χ4v) is 4.64. The highest BCUT2D eigenvalue weighted by atomic mass is 79.9. The number of likely N-dealkylation sites (N-methyl/N-ethyl adjacent to an activating group) is 1. The van der Waals surface area contributed by atoms with Crippen LogP contribution >= 0.6 is 0 Å². The fourth-order valence-electron chi connectivity index (χ4n) is 4.64. The summed E-state index contributed by atoms with van der Waals surface area (Å²) in [6.07, 6.45) is 1.96. The average Bonchev–Trinajstić information content (AvgIpc) is 2.80. The van der Waals surface area contributed by atoms with E-state index >= 15 is 0 Å². The van der Waals surface area contributed by atoms with Gasteiger partial charge in [-0.1, -0.05) is 42.5 Å². The van der Waals surface area contributed by atoms with E-state index in [0.29, 0.717) is 22.3 Å². The van der Waals surface area contributed by atoms with Crippen LogP contribution < -0.4 is 27.6 Å². The molecule has 33 heavy (non-hydrogen) atoms. The van der Waals surface area contributed by atoms with Crippen LogP contribution in [0.2, 0.25) is 0 Å². The van der Waals surface area contributed by atoms with Crippen LogP contribution in [0, 0.1) is 6.92 Å². The van der Waals surface area contributed by atoms with Crippen LogP contribution in [0.25, 0.3) is 0 Å². The molecule has 0 bridgehead atoms. The molecule has 7 nitrogen and oxygen atoms in total. The van der Waals surface area contributed by atoms with Gasteiger partial charge in [-0.2, -0.15) is 0 Å². The summed E-state index contributed by atoms with van der Waals surface area (Å²) in [5, 5.41) is 5.63. The molecule has 2 aromatic rings. The standard InChI is InChI=1S/C25H31N3O4.BrH/c1-18-9-7-13-21(25(31)32-3)24(18)27-23(30)17-28(16-22(29)26-2)14-8-12-20(15-28)19-10-5-4-6-11-19;/h4-7,9-11,13,20H,8,12,14-17H2,1-3H3,(H-,26,27,29,30,31);1H. The van der Waals surface area contributed by atoms with Gasteiger partial charge in [0, 0.05) is 13.0 Å². The number of nitrogens with one attached hydrogen (secondary N) is 2. The normalized spacial score (nSPS) is 19.7. The van der Waals surface area contributed by atoms with E-state index in [2.05, 4.69) is 22.8 Å². The lowest BCUT2D eigenvalue weighted by atomic mass is 9.89. The Labute approximate surface area is 205 Å². The highest BCUT2D eigenvalue weighted by Crippen LogP contribution is 2.31. The molecule has 1 aliphatic heterocycles. The van der Waals surface area contributed by atoms with Crippen molar-refractivity contribution < 1.29 is 40.6 Å². The number of esters is 1. The third-order valence-corrected chi connectivity index (χ3v) is 6.24. The largest absolute Gasteiger partial charge is 1.00 e.